The Kier molecular flexibility index (Phi) is 8.36. The summed E-state index contributed by atoms with van der Waals surface area (Å²) in [6.45, 7) is 4.75. The molecular weight excluding hydrogens is 490 g/mol. The fourth-order valence-corrected chi connectivity index (χ4v) is 12.3. The first-order valence-electron chi connectivity index (χ1n) is 10.1. The predicted octanol–water partition coefficient (Wildman–Crippen LogP) is -1.30. The van der Waals surface area contributed by atoms with Crippen LogP contribution in [-0.4, -0.2) is 31.4 Å². The van der Waals surface area contributed by atoms with E-state index in [1.54, 1.807) is 15.3 Å². The average molecular weight is 521 g/mol. The van der Waals surface area contributed by atoms with E-state index in [0.29, 0.717) is 0 Å². The first-order valence-corrected chi connectivity index (χ1v) is 13.7. The number of allylic oxidation sites excluding steroid dienone is 4. The Balaban J connectivity index is 0.00000160. The Morgan fingerprint density at radius 1 is 0.900 bits per heavy atom. The third-order valence-electron chi connectivity index (χ3n) is 5.88. The van der Waals surface area contributed by atoms with Gasteiger partial charge in [-0.15, -0.1) is 0 Å². The molecule has 0 heterocycles. The van der Waals surface area contributed by atoms with E-state index in [1.165, 1.54) is 28.1 Å². The van der Waals surface area contributed by atoms with Gasteiger partial charge in [-0.1, -0.05) is 0 Å². The molecule has 0 saturated carbocycles. The smallest absolute Gasteiger partial charge is 1.00 e. The van der Waals surface area contributed by atoms with Gasteiger partial charge in [0.2, 0.25) is 0 Å². The standard InChI is InChI=1S/C17H19N2.C5H5.C3H6.2ClH.Zr/c1-18(2)14-5-7-16-12(10-14)9-13-11-15(19(3)4)6-8-17(13)16;1-2-4-5-3-1;1-3-2;;;/h5-8,10H,9H2,1-4H3;1-3H,4H2;1-2H3;2*1H;/q;;;;;+2/p-2. The molecule has 0 bridgehead atoms. The maximum Gasteiger partial charge on any atom is -1.00 e. The second kappa shape index (κ2) is 9.98. The van der Waals surface area contributed by atoms with E-state index in [2.05, 4.69) is 100 Å². The molecule has 2 aliphatic rings. The van der Waals surface area contributed by atoms with Crippen LogP contribution in [0.2, 0.25) is 0 Å². The molecule has 0 N–H and O–H groups in total. The van der Waals surface area contributed by atoms with Crippen molar-refractivity contribution in [1.82, 2.24) is 0 Å². The largest absolute Gasteiger partial charge is 1.00 e. The van der Waals surface area contributed by atoms with Gasteiger partial charge in [0, 0.05) is 0 Å². The minimum absolute atomic E-state index is 0. The maximum absolute atomic E-state index is 2.41. The minimum Gasteiger partial charge on any atom is -1.00 e. The number of nitrogens with zero attached hydrogens (tertiary/aromatic N) is 2. The van der Waals surface area contributed by atoms with Crippen LogP contribution in [0, 0.1) is 0 Å². The number of hydrogen-bond donors (Lipinski definition) is 0. The van der Waals surface area contributed by atoms with Crippen LogP contribution in [0.5, 0.6) is 0 Å². The van der Waals surface area contributed by atoms with E-state index < -0.39 is 21.3 Å². The van der Waals surface area contributed by atoms with Crippen molar-refractivity contribution in [3.8, 4) is 11.1 Å². The SMILES string of the molecule is C[C](C)=[Zr+2]([C]1=CC=CC1)[c]1c(N(C)C)ccc2c1Cc1cc(N(C)C)ccc1-2.[Cl-].[Cl-]. The number of anilines is 2. The van der Waals surface area contributed by atoms with E-state index in [-0.39, 0.29) is 24.8 Å². The van der Waals surface area contributed by atoms with Crippen LogP contribution < -0.4 is 37.9 Å². The van der Waals surface area contributed by atoms with E-state index in [9.17, 15) is 0 Å². The molecule has 0 radical (unpaired) electrons. The molecule has 0 amide bonds. The minimum atomic E-state index is -2.08. The van der Waals surface area contributed by atoms with E-state index in [4.69, 9.17) is 0 Å². The van der Waals surface area contributed by atoms with Crippen LogP contribution in [-0.2, 0) is 27.7 Å². The van der Waals surface area contributed by atoms with Crippen molar-refractivity contribution in [2.24, 2.45) is 0 Å². The second-order valence-electron chi connectivity index (χ2n) is 8.49. The van der Waals surface area contributed by atoms with Crippen LogP contribution >= 0.6 is 0 Å². The molecule has 0 unspecified atom stereocenters. The molecule has 2 aliphatic carbocycles. The van der Waals surface area contributed by atoms with Crippen LogP contribution in [0.25, 0.3) is 11.1 Å². The molecular formula is C25H30Cl2N2Zr. The number of benzene rings is 2. The summed E-state index contributed by atoms with van der Waals surface area (Å²) in [5.41, 5.74) is 8.70. The summed E-state index contributed by atoms with van der Waals surface area (Å²) in [5, 5.41) is 0. The van der Waals surface area contributed by atoms with Gasteiger partial charge in [0.15, 0.2) is 0 Å². The zero-order valence-electron chi connectivity index (χ0n) is 18.7. The van der Waals surface area contributed by atoms with Crippen molar-refractivity contribution in [1.29, 1.82) is 0 Å². The number of rotatable bonds is 4. The molecule has 158 valence electrons. The fraction of sp³-hybridized carbons (Fsp3) is 0.320. The van der Waals surface area contributed by atoms with Crippen molar-refractivity contribution >= 4 is 17.9 Å². The molecule has 2 nitrogen and oxygen atoms in total. The summed E-state index contributed by atoms with van der Waals surface area (Å²) in [7, 11) is 8.65. The Morgan fingerprint density at radius 3 is 2.17 bits per heavy atom. The third-order valence-corrected chi connectivity index (χ3v) is 13.4. The first kappa shape index (κ1) is 25.1. The molecule has 0 fully saturated rings. The Hall–Kier alpha value is -1.15. The zero-order valence-corrected chi connectivity index (χ0v) is 22.7. The summed E-state index contributed by atoms with van der Waals surface area (Å²) < 4.78 is 5.07. The van der Waals surface area contributed by atoms with Crippen LogP contribution in [0.3, 0.4) is 0 Å². The van der Waals surface area contributed by atoms with Crippen molar-refractivity contribution in [3.63, 3.8) is 0 Å². The maximum atomic E-state index is 2.41. The molecule has 2 aromatic rings. The topological polar surface area (TPSA) is 6.48 Å². The second-order valence-corrected chi connectivity index (χ2v) is 15.6. The zero-order chi connectivity index (χ0) is 20.0. The van der Waals surface area contributed by atoms with Gasteiger partial charge in [-0.25, -0.2) is 0 Å². The Labute approximate surface area is 201 Å². The number of hydrogen-bond acceptors (Lipinski definition) is 2. The molecule has 0 saturated heterocycles. The average Bonchev–Trinajstić information content (AvgIpc) is 3.28. The number of halogens is 2. The Morgan fingerprint density at radius 2 is 1.60 bits per heavy atom. The van der Waals surface area contributed by atoms with Crippen LogP contribution in [0.1, 0.15) is 31.4 Å². The van der Waals surface area contributed by atoms with Gasteiger partial charge in [-0.05, 0) is 0 Å². The van der Waals surface area contributed by atoms with Gasteiger partial charge in [-0.3, -0.25) is 0 Å². The van der Waals surface area contributed by atoms with Gasteiger partial charge in [-0.2, -0.15) is 0 Å². The summed E-state index contributed by atoms with van der Waals surface area (Å²) in [6, 6.07) is 11.7. The molecule has 2 aromatic carbocycles. The molecule has 5 heteroatoms. The summed E-state index contributed by atoms with van der Waals surface area (Å²) in [5.74, 6) is 0. The summed E-state index contributed by atoms with van der Waals surface area (Å²) >= 11 is -2.08. The third kappa shape index (κ3) is 4.40. The first-order chi connectivity index (χ1) is 13.4. The van der Waals surface area contributed by atoms with Crippen LogP contribution in [0.15, 0.2) is 51.8 Å². The number of fused-ring (bicyclic) bond motifs is 3. The summed E-state index contributed by atoms with van der Waals surface area (Å²) in [6.07, 6.45) is 9.22. The van der Waals surface area contributed by atoms with E-state index in [0.717, 1.165) is 12.8 Å². The Bertz CT molecular complexity index is 1050. The normalized spacial score (nSPS) is 12.6. The molecule has 0 aliphatic heterocycles. The molecule has 4 rings (SSSR count). The van der Waals surface area contributed by atoms with Crippen LogP contribution in [0.4, 0.5) is 11.4 Å². The molecule has 0 aromatic heterocycles. The van der Waals surface area contributed by atoms with Gasteiger partial charge in [0.1, 0.15) is 0 Å². The van der Waals surface area contributed by atoms with Crippen molar-refractivity contribution in [2.75, 3.05) is 38.0 Å². The monoisotopic (exact) mass is 518 g/mol. The van der Waals surface area contributed by atoms with Gasteiger partial charge >= 0.3 is 178 Å². The van der Waals surface area contributed by atoms with E-state index in [1.807, 2.05) is 0 Å². The molecule has 0 spiro atoms. The van der Waals surface area contributed by atoms with Gasteiger partial charge in [0.25, 0.3) is 0 Å². The van der Waals surface area contributed by atoms with Gasteiger partial charge < -0.3 is 24.8 Å². The molecule has 0 atom stereocenters. The van der Waals surface area contributed by atoms with Crippen molar-refractivity contribution in [2.45, 2.75) is 26.7 Å². The fourth-order valence-electron chi connectivity index (χ4n) is 4.55. The predicted molar refractivity (Wildman–Crippen MR) is 121 cm³/mol. The van der Waals surface area contributed by atoms with Crippen molar-refractivity contribution in [3.05, 3.63) is 63.0 Å². The van der Waals surface area contributed by atoms with Gasteiger partial charge in [0.05, 0.1) is 0 Å². The molecule has 30 heavy (non-hydrogen) atoms. The van der Waals surface area contributed by atoms with E-state index >= 15 is 0 Å². The summed E-state index contributed by atoms with van der Waals surface area (Å²) in [4.78, 5) is 4.53. The quantitative estimate of drug-likeness (QED) is 0.422. The van der Waals surface area contributed by atoms with Crippen molar-refractivity contribution < 1.29 is 46.1 Å².